The van der Waals surface area contributed by atoms with Crippen LogP contribution in [0.5, 0.6) is 0 Å². The SMILES string of the molecule is C[C@H]1CNCCN1CC(=O)NC(c1ccccc1)C1CCCCC1.Cl. The van der Waals surface area contributed by atoms with Crippen molar-refractivity contribution in [3.05, 3.63) is 35.9 Å². The zero-order valence-electron chi connectivity index (χ0n) is 15.2. The Labute approximate surface area is 158 Å². The molecule has 25 heavy (non-hydrogen) atoms. The van der Waals surface area contributed by atoms with Gasteiger partial charge in [0.05, 0.1) is 12.6 Å². The molecule has 1 unspecified atom stereocenters. The van der Waals surface area contributed by atoms with Crippen molar-refractivity contribution in [3.8, 4) is 0 Å². The highest BCUT2D eigenvalue weighted by atomic mass is 35.5. The molecule has 0 radical (unpaired) electrons. The third-order valence-corrected chi connectivity index (χ3v) is 5.58. The third kappa shape index (κ3) is 5.70. The van der Waals surface area contributed by atoms with E-state index in [2.05, 4.69) is 46.7 Å². The quantitative estimate of drug-likeness (QED) is 0.842. The fourth-order valence-corrected chi connectivity index (χ4v) is 4.12. The zero-order valence-corrected chi connectivity index (χ0v) is 16.1. The van der Waals surface area contributed by atoms with E-state index in [0.717, 1.165) is 19.6 Å². The molecule has 1 amide bonds. The van der Waals surface area contributed by atoms with Crippen molar-refractivity contribution in [1.29, 1.82) is 0 Å². The fraction of sp³-hybridized carbons (Fsp3) is 0.650. The van der Waals surface area contributed by atoms with E-state index in [0.29, 0.717) is 18.5 Å². The summed E-state index contributed by atoms with van der Waals surface area (Å²) >= 11 is 0. The average molecular weight is 366 g/mol. The van der Waals surface area contributed by atoms with Gasteiger partial charge in [-0.05, 0) is 31.2 Å². The number of piperazine rings is 1. The standard InChI is InChI=1S/C20H31N3O.ClH/c1-16-14-21-12-13-23(16)15-19(24)22-20(17-8-4-2-5-9-17)18-10-6-3-7-11-18;/h2,4-5,8-9,16,18,20-21H,3,6-7,10-15H2,1H3,(H,22,24);1H/t16-,20?;/m0./s1. The number of carbonyl (C=O) groups excluding carboxylic acids is 1. The lowest BCUT2D eigenvalue weighted by molar-refractivity contribution is -0.124. The number of nitrogens with one attached hydrogen (secondary N) is 2. The van der Waals surface area contributed by atoms with Crippen LogP contribution in [0.2, 0.25) is 0 Å². The molecular weight excluding hydrogens is 334 g/mol. The molecule has 1 saturated carbocycles. The van der Waals surface area contributed by atoms with Crippen molar-refractivity contribution in [2.45, 2.75) is 51.1 Å². The van der Waals surface area contributed by atoms with Gasteiger partial charge in [0.1, 0.15) is 0 Å². The molecule has 0 bridgehead atoms. The van der Waals surface area contributed by atoms with Gasteiger partial charge in [-0.25, -0.2) is 0 Å². The topological polar surface area (TPSA) is 44.4 Å². The number of nitrogens with zero attached hydrogens (tertiary/aromatic N) is 1. The molecule has 4 nitrogen and oxygen atoms in total. The Kier molecular flexibility index (Phi) is 8.20. The smallest absolute Gasteiger partial charge is 0.234 e. The highest BCUT2D eigenvalue weighted by Crippen LogP contribution is 2.34. The van der Waals surface area contributed by atoms with Gasteiger partial charge in [0, 0.05) is 25.7 Å². The molecule has 140 valence electrons. The number of halogens is 1. The van der Waals surface area contributed by atoms with Gasteiger partial charge in [-0.3, -0.25) is 9.69 Å². The van der Waals surface area contributed by atoms with Crippen molar-refractivity contribution in [3.63, 3.8) is 0 Å². The van der Waals surface area contributed by atoms with Crippen LogP contribution in [0.1, 0.15) is 50.6 Å². The monoisotopic (exact) mass is 365 g/mol. The van der Waals surface area contributed by atoms with Crippen LogP contribution >= 0.6 is 12.4 Å². The minimum atomic E-state index is 0. The van der Waals surface area contributed by atoms with Crippen LogP contribution < -0.4 is 10.6 Å². The molecule has 3 rings (SSSR count). The van der Waals surface area contributed by atoms with E-state index >= 15 is 0 Å². The molecule has 0 aromatic heterocycles. The maximum atomic E-state index is 12.7. The minimum absolute atomic E-state index is 0. The van der Waals surface area contributed by atoms with Crippen LogP contribution in [0.15, 0.2) is 30.3 Å². The number of amides is 1. The Morgan fingerprint density at radius 1 is 1.24 bits per heavy atom. The first-order valence-corrected chi connectivity index (χ1v) is 9.53. The molecule has 2 fully saturated rings. The molecule has 2 N–H and O–H groups in total. The van der Waals surface area contributed by atoms with E-state index in [9.17, 15) is 4.79 Å². The maximum Gasteiger partial charge on any atom is 0.234 e. The summed E-state index contributed by atoms with van der Waals surface area (Å²) in [6, 6.07) is 11.1. The van der Waals surface area contributed by atoms with Gasteiger partial charge in [-0.1, -0.05) is 49.6 Å². The Morgan fingerprint density at radius 2 is 1.96 bits per heavy atom. The van der Waals surface area contributed by atoms with E-state index in [1.807, 2.05) is 6.07 Å². The van der Waals surface area contributed by atoms with E-state index in [-0.39, 0.29) is 24.4 Å². The summed E-state index contributed by atoms with van der Waals surface area (Å²) in [4.78, 5) is 15.0. The first kappa shape index (κ1) is 20.2. The zero-order chi connectivity index (χ0) is 16.8. The van der Waals surface area contributed by atoms with E-state index in [1.54, 1.807) is 0 Å². The van der Waals surface area contributed by atoms with E-state index in [4.69, 9.17) is 0 Å². The Hall–Kier alpha value is -1.10. The van der Waals surface area contributed by atoms with Gasteiger partial charge in [0.25, 0.3) is 0 Å². The first-order valence-electron chi connectivity index (χ1n) is 9.53. The molecule has 5 heteroatoms. The molecule has 1 aliphatic heterocycles. The summed E-state index contributed by atoms with van der Waals surface area (Å²) < 4.78 is 0. The second kappa shape index (κ2) is 10.1. The average Bonchev–Trinajstić information content (AvgIpc) is 2.63. The second-order valence-electron chi connectivity index (χ2n) is 7.38. The fourth-order valence-electron chi connectivity index (χ4n) is 4.12. The second-order valence-corrected chi connectivity index (χ2v) is 7.38. The molecular formula is C20H32ClN3O. The van der Waals surface area contributed by atoms with Crippen LogP contribution in [-0.2, 0) is 4.79 Å². The lowest BCUT2D eigenvalue weighted by Gasteiger charge is -2.35. The first-order chi connectivity index (χ1) is 11.7. The van der Waals surface area contributed by atoms with Crippen LogP contribution in [0.25, 0.3) is 0 Å². The summed E-state index contributed by atoms with van der Waals surface area (Å²) in [7, 11) is 0. The molecule has 1 aliphatic carbocycles. The van der Waals surface area contributed by atoms with Crippen LogP contribution in [0.3, 0.4) is 0 Å². The number of rotatable bonds is 5. The lowest BCUT2D eigenvalue weighted by atomic mass is 9.81. The Morgan fingerprint density at radius 3 is 2.64 bits per heavy atom. The molecule has 2 aliphatic rings. The normalized spacial score (nSPS) is 23.5. The molecule has 1 heterocycles. The Bertz CT molecular complexity index is 519. The molecule has 1 aromatic rings. The van der Waals surface area contributed by atoms with E-state index in [1.165, 1.54) is 37.7 Å². The van der Waals surface area contributed by atoms with Crippen LogP contribution in [0.4, 0.5) is 0 Å². The van der Waals surface area contributed by atoms with Gasteiger partial charge in [-0.15, -0.1) is 12.4 Å². The molecule has 1 saturated heterocycles. The van der Waals surface area contributed by atoms with Crippen LogP contribution in [0, 0.1) is 5.92 Å². The van der Waals surface area contributed by atoms with Crippen molar-refractivity contribution in [1.82, 2.24) is 15.5 Å². The number of hydrogen-bond acceptors (Lipinski definition) is 3. The van der Waals surface area contributed by atoms with Gasteiger partial charge >= 0.3 is 0 Å². The van der Waals surface area contributed by atoms with Gasteiger partial charge in [0.2, 0.25) is 5.91 Å². The highest BCUT2D eigenvalue weighted by Gasteiger charge is 2.28. The van der Waals surface area contributed by atoms with Gasteiger partial charge in [0.15, 0.2) is 0 Å². The Balaban J connectivity index is 0.00000225. The van der Waals surface area contributed by atoms with Gasteiger partial charge < -0.3 is 10.6 Å². The predicted octanol–water partition coefficient (Wildman–Crippen LogP) is 3.14. The summed E-state index contributed by atoms with van der Waals surface area (Å²) in [5, 5.41) is 6.75. The highest BCUT2D eigenvalue weighted by molar-refractivity contribution is 5.85. The largest absolute Gasteiger partial charge is 0.348 e. The summed E-state index contributed by atoms with van der Waals surface area (Å²) in [5.74, 6) is 0.744. The van der Waals surface area contributed by atoms with Crippen molar-refractivity contribution >= 4 is 18.3 Å². The van der Waals surface area contributed by atoms with Crippen molar-refractivity contribution in [2.24, 2.45) is 5.92 Å². The summed E-state index contributed by atoms with van der Waals surface area (Å²) in [6.07, 6.45) is 6.37. The number of benzene rings is 1. The van der Waals surface area contributed by atoms with Gasteiger partial charge in [-0.2, -0.15) is 0 Å². The molecule has 2 atom stereocenters. The summed E-state index contributed by atoms with van der Waals surface area (Å²) in [5.41, 5.74) is 1.26. The number of carbonyl (C=O) groups is 1. The maximum absolute atomic E-state index is 12.7. The lowest BCUT2D eigenvalue weighted by Crippen LogP contribution is -2.53. The molecule has 1 aromatic carbocycles. The number of hydrogen-bond donors (Lipinski definition) is 2. The van der Waals surface area contributed by atoms with E-state index < -0.39 is 0 Å². The van der Waals surface area contributed by atoms with Crippen molar-refractivity contribution < 1.29 is 4.79 Å². The predicted molar refractivity (Wildman–Crippen MR) is 105 cm³/mol. The summed E-state index contributed by atoms with van der Waals surface area (Å²) in [6.45, 7) is 5.60. The van der Waals surface area contributed by atoms with Crippen molar-refractivity contribution in [2.75, 3.05) is 26.2 Å². The van der Waals surface area contributed by atoms with Crippen LogP contribution in [-0.4, -0.2) is 43.0 Å². The third-order valence-electron chi connectivity index (χ3n) is 5.58. The minimum Gasteiger partial charge on any atom is -0.348 e. The molecule has 0 spiro atoms.